The Morgan fingerprint density at radius 3 is 2.00 bits per heavy atom. The standard InChI is InChI=1S/C11H19N3O6S/c1-5(12)9(17)14-7(4-21)10(18)13-6(11(19)20)2-3-8(15)16/h5-7,21H,2-4,12H2,1H3,(H,13,18)(H,14,17)(H,15,16)(H,19,20)/t5-,6-,7-/m0/s1. The van der Waals surface area contributed by atoms with Crippen LogP contribution >= 0.6 is 12.6 Å². The van der Waals surface area contributed by atoms with Crippen molar-refractivity contribution in [2.75, 3.05) is 5.75 Å². The summed E-state index contributed by atoms with van der Waals surface area (Å²) < 4.78 is 0. The molecule has 9 nitrogen and oxygen atoms in total. The van der Waals surface area contributed by atoms with Gasteiger partial charge in [0.2, 0.25) is 11.8 Å². The van der Waals surface area contributed by atoms with Crippen molar-refractivity contribution in [3.63, 3.8) is 0 Å². The third-order valence-electron chi connectivity index (χ3n) is 2.49. The van der Waals surface area contributed by atoms with Gasteiger partial charge in [0, 0.05) is 12.2 Å². The second-order valence-electron chi connectivity index (χ2n) is 4.36. The van der Waals surface area contributed by atoms with Gasteiger partial charge in [0.25, 0.3) is 0 Å². The van der Waals surface area contributed by atoms with Crippen LogP contribution in [-0.4, -0.2) is 57.8 Å². The van der Waals surface area contributed by atoms with E-state index in [1.807, 2.05) is 0 Å². The molecule has 0 heterocycles. The van der Waals surface area contributed by atoms with E-state index in [9.17, 15) is 19.2 Å². The van der Waals surface area contributed by atoms with E-state index < -0.39 is 48.3 Å². The number of rotatable bonds is 9. The number of carbonyl (C=O) groups is 4. The summed E-state index contributed by atoms with van der Waals surface area (Å²) in [6.45, 7) is 1.43. The zero-order chi connectivity index (χ0) is 16.6. The molecule has 120 valence electrons. The Morgan fingerprint density at radius 1 is 1.10 bits per heavy atom. The summed E-state index contributed by atoms with van der Waals surface area (Å²) in [5.74, 6) is -3.94. The fourth-order valence-corrected chi connectivity index (χ4v) is 1.55. The van der Waals surface area contributed by atoms with Gasteiger partial charge in [0.1, 0.15) is 12.1 Å². The average Bonchev–Trinajstić information content (AvgIpc) is 2.39. The summed E-state index contributed by atoms with van der Waals surface area (Å²) in [4.78, 5) is 44.7. The van der Waals surface area contributed by atoms with Gasteiger partial charge in [-0.25, -0.2) is 4.79 Å². The molecule has 0 bridgehead atoms. The fraction of sp³-hybridized carbons (Fsp3) is 0.636. The van der Waals surface area contributed by atoms with Crippen molar-refractivity contribution in [2.45, 2.75) is 37.9 Å². The molecule has 0 fully saturated rings. The van der Waals surface area contributed by atoms with Gasteiger partial charge in [-0.05, 0) is 13.3 Å². The molecule has 0 aliphatic heterocycles. The molecule has 0 saturated carbocycles. The number of nitrogens with one attached hydrogen (secondary N) is 2. The second kappa shape index (κ2) is 9.19. The number of carbonyl (C=O) groups excluding carboxylic acids is 2. The molecule has 6 N–H and O–H groups in total. The predicted molar refractivity (Wildman–Crippen MR) is 75.9 cm³/mol. The largest absolute Gasteiger partial charge is 0.481 e. The monoisotopic (exact) mass is 321 g/mol. The number of carboxylic acid groups (broad SMARTS) is 2. The maximum atomic E-state index is 11.9. The predicted octanol–water partition coefficient (Wildman–Crippen LogP) is -1.82. The number of amides is 2. The molecule has 3 atom stereocenters. The third-order valence-corrected chi connectivity index (χ3v) is 2.86. The number of carboxylic acids is 2. The van der Waals surface area contributed by atoms with E-state index >= 15 is 0 Å². The van der Waals surface area contributed by atoms with E-state index in [1.54, 1.807) is 0 Å². The zero-order valence-corrected chi connectivity index (χ0v) is 12.3. The SMILES string of the molecule is C[C@H](N)C(=O)N[C@@H](CS)C(=O)N[C@@H](CCC(=O)O)C(=O)O. The molecule has 10 heteroatoms. The first-order chi connectivity index (χ1) is 9.68. The number of aliphatic carboxylic acids is 2. The molecule has 2 amide bonds. The average molecular weight is 321 g/mol. The highest BCUT2D eigenvalue weighted by Crippen LogP contribution is 2.00. The van der Waals surface area contributed by atoms with Gasteiger partial charge >= 0.3 is 11.9 Å². The maximum absolute atomic E-state index is 11.9. The quantitative estimate of drug-likeness (QED) is 0.273. The summed E-state index contributed by atoms with van der Waals surface area (Å²) in [7, 11) is 0. The number of hydrogen-bond acceptors (Lipinski definition) is 6. The lowest BCUT2D eigenvalue weighted by Gasteiger charge is -2.20. The van der Waals surface area contributed by atoms with E-state index in [4.69, 9.17) is 15.9 Å². The summed E-state index contributed by atoms with van der Waals surface area (Å²) >= 11 is 3.90. The normalized spacial score (nSPS) is 14.6. The van der Waals surface area contributed by atoms with Crippen molar-refractivity contribution in [3.05, 3.63) is 0 Å². The fourth-order valence-electron chi connectivity index (χ4n) is 1.29. The van der Waals surface area contributed by atoms with Crippen LogP contribution in [0.25, 0.3) is 0 Å². The summed E-state index contributed by atoms with van der Waals surface area (Å²) in [6.07, 6.45) is -0.675. The third kappa shape index (κ3) is 7.51. The van der Waals surface area contributed by atoms with Gasteiger partial charge in [0.05, 0.1) is 6.04 Å². The van der Waals surface area contributed by atoms with E-state index in [-0.39, 0.29) is 12.2 Å². The molecule has 0 radical (unpaired) electrons. The molecule has 0 rings (SSSR count). The van der Waals surface area contributed by atoms with Gasteiger partial charge in [-0.3, -0.25) is 14.4 Å². The minimum Gasteiger partial charge on any atom is -0.481 e. The Kier molecular flexibility index (Phi) is 8.39. The number of nitrogens with two attached hydrogens (primary N) is 1. The molecule has 0 saturated heterocycles. The van der Waals surface area contributed by atoms with Crippen LogP contribution in [0.4, 0.5) is 0 Å². The van der Waals surface area contributed by atoms with Crippen LogP contribution in [0.1, 0.15) is 19.8 Å². The Morgan fingerprint density at radius 2 is 1.62 bits per heavy atom. The Bertz CT molecular complexity index is 415. The molecule has 0 aliphatic rings. The lowest BCUT2D eigenvalue weighted by molar-refractivity contribution is -0.143. The first-order valence-electron chi connectivity index (χ1n) is 6.10. The minimum atomic E-state index is -1.36. The summed E-state index contributed by atoms with van der Waals surface area (Å²) in [6, 6.07) is -3.25. The van der Waals surface area contributed by atoms with Crippen molar-refractivity contribution < 1.29 is 29.4 Å². The molecule has 0 aliphatic carbocycles. The highest BCUT2D eigenvalue weighted by Gasteiger charge is 2.26. The molecule has 0 aromatic carbocycles. The van der Waals surface area contributed by atoms with E-state index in [0.717, 1.165) is 0 Å². The molecule has 21 heavy (non-hydrogen) atoms. The van der Waals surface area contributed by atoms with Crippen LogP contribution in [0.5, 0.6) is 0 Å². The number of thiol groups is 1. The van der Waals surface area contributed by atoms with Gasteiger partial charge in [-0.1, -0.05) is 0 Å². The van der Waals surface area contributed by atoms with E-state index in [0.29, 0.717) is 0 Å². The van der Waals surface area contributed by atoms with Gasteiger partial charge in [0.15, 0.2) is 0 Å². The first kappa shape index (κ1) is 19.2. The Balaban J connectivity index is 4.66. The van der Waals surface area contributed by atoms with Crippen LogP contribution in [0.15, 0.2) is 0 Å². The van der Waals surface area contributed by atoms with Crippen LogP contribution in [0, 0.1) is 0 Å². The van der Waals surface area contributed by atoms with Crippen molar-refractivity contribution >= 4 is 36.4 Å². The Hall–Kier alpha value is -1.81. The smallest absolute Gasteiger partial charge is 0.326 e. The highest BCUT2D eigenvalue weighted by atomic mass is 32.1. The second-order valence-corrected chi connectivity index (χ2v) is 4.73. The molecule has 0 unspecified atom stereocenters. The van der Waals surface area contributed by atoms with Crippen molar-refractivity contribution in [1.82, 2.24) is 10.6 Å². The van der Waals surface area contributed by atoms with Crippen LogP contribution in [0.3, 0.4) is 0 Å². The van der Waals surface area contributed by atoms with Crippen LogP contribution in [0.2, 0.25) is 0 Å². The molecular formula is C11H19N3O6S. The lowest BCUT2D eigenvalue weighted by atomic mass is 10.1. The Labute approximate surface area is 126 Å². The summed E-state index contributed by atoms with van der Waals surface area (Å²) in [5.41, 5.74) is 5.34. The van der Waals surface area contributed by atoms with Gasteiger partial charge < -0.3 is 26.6 Å². The molecular weight excluding hydrogens is 302 g/mol. The topological polar surface area (TPSA) is 159 Å². The maximum Gasteiger partial charge on any atom is 0.326 e. The first-order valence-corrected chi connectivity index (χ1v) is 6.74. The van der Waals surface area contributed by atoms with Crippen LogP contribution in [-0.2, 0) is 19.2 Å². The van der Waals surface area contributed by atoms with Gasteiger partial charge in [-0.15, -0.1) is 0 Å². The van der Waals surface area contributed by atoms with Crippen molar-refractivity contribution in [1.29, 1.82) is 0 Å². The zero-order valence-electron chi connectivity index (χ0n) is 11.4. The molecule has 0 aromatic heterocycles. The van der Waals surface area contributed by atoms with E-state index in [1.165, 1.54) is 6.92 Å². The lowest BCUT2D eigenvalue weighted by Crippen LogP contribution is -2.54. The minimum absolute atomic E-state index is 0.0600. The number of hydrogen-bond donors (Lipinski definition) is 6. The molecule has 0 spiro atoms. The van der Waals surface area contributed by atoms with Gasteiger partial charge in [-0.2, -0.15) is 12.6 Å². The summed E-state index contributed by atoms with van der Waals surface area (Å²) in [5, 5.41) is 21.9. The van der Waals surface area contributed by atoms with E-state index in [2.05, 4.69) is 23.3 Å². The molecule has 0 aromatic rings. The highest BCUT2D eigenvalue weighted by molar-refractivity contribution is 7.80. The van der Waals surface area contributed by atoms with Crippen LogP contribution < -0.4 is 16.4 Å². The van der Waals surface area contributed by atoms with Crippen molar-refractivity contribution in [3.8, 4) is 0 Å². The van der Waals surface area contributed by atoms with Crippen molar-refractivity contribution in [2.24, 2.45) is 5.73 Å².